The monoisotopic (exact) mass is 177 g/mol. The van der Waals surface area contributed by atoms with Crippen LogP contribution in [0.2, 0.25) is 0 Å². The number of pyridine rings is 1. The highest BCUT2D eigenvalue weighted by atomic mass is 16.5. The number of allylic oxidation sites excluding steroid dienone is 1. The van der Waals surface area contributed by atoms with E-state index >= 15 is 0 Å². The number of aromatic nitrogens is 1. The molecule has 3 heteroatoms. The lowest BCUT2D eigenvalue weighted by molar-refractivity contribution is 0.104. The summed E-state index contributed by atoms with van der Waals surface area (Å²) in [5, 5.41) is 0. The van der Waals surface area contributed by atoms with Crippen molar-refractivity contribution in [3.63, 3.8) is 0 Å². The maximum Gasteiger partial charge on any atom is 0.188 e. The summed E-state index contributed by atoms with van der Waals surface area (Å²) in [6, 6.07) is 3.33. The van der Waals surface area contributed by atoms with Crippen LogP contribution in [0.25, 0.3) is 0 Å². The van der Waals surface area contributed by atoms with Crippen molar-refractivity contribution < 1.29 is 9.53 Å². The Morgan fingerprint density at radius 1 is 1.54 bits per heavy atom. The molecule has 0 aromatic carbocycles. The molecule has 0 aliphatic carbocycles. The molecule has 0 fully saturated rings. The van der Waals surface area contributed by atoms with Gasteiger partial charge in [-0.15, -0.1) is 0 Å². The molecule has 1 aromatic rings. The van der Waals surface area contributed by atoms with Gasteiger partial charge in [0.05, 0.1) is 12.9 Å². The summed E-state index contributed by atoms with van der Waals surface area (Å²) in [5.41, 5.74) is 0.617. The van der Waals surface area contributed by atoms with Crippen LogP contribution in [0.15, 0.2) is 36.9 Å². The van der Waals surface area contributed by atoms with E-state index in [1.54, 1.807) is 24.5 Å². The molecule has 0 aliphatic heterocycles. The molecule has 0 atom stereocenters. The third-order valence-electron chi connectivity index (χ3n) is 1.45. The van der Waals surface area contributed by atoms with E-state index in [0.29, 0.717) is 12.2 Å². The molecule has 0 spiro atoms. The van der Waals surface area contributed by atoms with Gasteiger partial charge in [-0.05, 0) is 19.1 Å². The molecule has 0 aliphatic rings. The van der Waals surface area contributed by atoms with E-state index in [4.69, 9.17) is 4.74 Å². The number of ether oxygens (including phenoxy) is 1. The predicted octanol–water partition coefficient (Wildman–Crippen LogP) is 1.81. The summed E-state index contributed by atoms with van der Waals surface area (Å²) >= 11 is 0. The van der Waals surface area contributed by atoms with Crippen molar-refractivity contribution in [3.05, 3.63) is 42.4 Å². The fourth-order valence-corrected chi connectivity index (χ4v) is 0.819. The average Bonchev–Trinajstić information content (AvgIpc) is 2.19. The normalized spacial score (nSPS) is 10.2. The Labute approximate surface area is 77.1 Å². The van der Waals surface area contributed by atoms with Gasteiger partial charge in [0.1, 0.15) is 0 Å². The standard InChI is InChI=1S/C10H11NO2/c1-2-13-8-5-10(12)9-3-6-11-7-4-9/h3-8H,2H2,1H3. The SMILES string of the molecule is CCOC=CC(=O)c1ccncc1. The molecule has 1 aromatic heterocycles. The van der Waals surface area contributed by atoms with Gasteiger partial charge in [0.15, 0.2) is 5.78 Å². The van der Waals surface area contributed by atoms with Gasteiger partial charge in [0, 0.05) is 24.0 Å². The van der Waals surface area contributed by atoms with Gasteiger partial charge < -0.3 is 4.74 Å². The summed E-state index contributed by atoms with van der Waals surface area (Å²) in [6.45, 7) is 2.43. The van der Waals surface area contributed by atoms with Gasteiger partial charge in [-0.1, -0.05) is 0 Å². The Hall–Kier alpha value is -1.64. The zero-order chi connectivity index (χ0) is 9.52. The van der Waals surface area contributed by atoms with Crippen LogP contribution < -0.4 is 0 Å². The fraction of sp³-hybridized carbons (Fsp3) is 0.200. The van der Waals surface area contributed by atoms with Crippen molar-refractivity contribution in [1.82, 2.24) is 4.98 Å². The Bertz CT molecular complexity index is 293. The summed E-state index contributed by atoms with van der Waals surface area (Å²) < 4.78 is 4.91. The first-order chi connectivity index (χ1) is 6.34. The van der Waals surface area contributed by atoms with Crippen LogP contribution in [0.1, 0.15) is 17.3 Å². The van der Waals surface area contributed by atoms with Crippen molar-refractivity contribution in [3.8, 4) is 0 Å². The zero-order valence-corrected chi connectivity index (χ0v) is 7.43. The second-order valence-electron chi connectivity index (χ2n) is 2.36. The number of hydrogen-bond acceptors (Lipinski definition) is 3. The lowest BCUT2D eigenvalue weighted by Gasteiger charge is -1.94. The number of nitrogens with zero attached hydrogens (tertiary/aromatic N) is 1. The molecule has 0 N–H and O–H groups in total. The molecule has 0 saturated heterocycles. The number of hydrogen-bond donors (Lipinski definition) is 0. The molecular formula is C10H11NO2. The van der Waals surface area contributed by atoms with Crippen molar-refractivity contribution in [1.29, 1.82) is 0 Å². The fourth-order valence-electron chi connectivity index (χ4n) is 0.819. The average molecular weight is 177 g/mol. The predicted molar refractivity (Wildman–Crippen MR) is 49.3 cm³/mol. The van der Waals surface area contributed by atoms with E-state index in [9.17, 15) is 4.79 Å². The Balaban J connectivity index is 2.59. The molecular weight excluding hydrogens is 166 g/mol. The van der Waals surface area contributed by atoms with Gasteiger partial charge >= 0.3 is 0 Å². The first-order valence-electron chi connectivity index (χ1n) is 4.07. The first-order valence-corrected chi connectivity index (χ1v) is 4.07. The van der Waals surface area contributed by atoms with E-state index in [1.807, 2.05) is 6.92 Å². The van der Waals surface area contributed by atoms with E-state index < -0.39 is 0 Å². The Kier molecular flexibility index (Phi) is 3.70. The largest absolute Gasteiger partial charge is 0.501 e. The summed E-state index contributed by atoms with van der Waals surface area (Å²) in [5.74, 6) is -0.0733. The number of carbonyl (C=O) groups is 1. The van der Waals surface area contributed by atoms with Crippen LogP contribution in [0.3, 0.4) is 0 Å². The quantitative estimate of drug-likeness (QED) is 0.400. The van der Waals surface area contributed by atoms with Crippen LogP contribution in [0, 0.1) is 0 Å². The smallest absolute Gasteiger partial charge is 0.188 e. The number of ketones is 1. The number of carbonyl (C=O) groups excluding carboxylic acids is 1. The summed E-state index contributed by atoms with van der Waals surface area (Å²) in [7, 11) is 0. The lowest BCUT2D eigenvalue weighted by atomic mass is 10.2. The van der Waals surface area contributed by atoms with Crippen LogP contribution in [0.5, 0.6) is 0 Å². The Morgan fingerprint density at radius 3 is 2.85 bits per heavy atom. The molecule has 0 unspecified atom stereocenters. The summed E-state index contributed by atoms with van der Waals surface area (Å²) in [4.78, 5) is 15.1. The molecule has 3 nitrogen and oxygen atoms in total. The maximum atomic E-state index is 11.3. The van der Waals surface area contributed by atoms with Gasteiger partial charge in [-0.3, -0.25) is 9.78 Å². The van der Waals surface area contributed by atoms with Crippen molar-refractivity contribution in [2.45, 2.75) is 6.92 Å². The van der Waals surface area contributed by atoms with E-state index in [0.717, 1.165) is 0 Å². The third kappa shape index (κ3) is 3.07. The van der Waals surface area contributed by atoms with Crippen molar-refractivity contribution in [2.24, 2.45) is 0 Å². The highest BCUT2D eigenvalue weighted by Crippen LogP contribution is 1.98. The van der Waals surface area contributed by atoms with Crippen LogP contribution in [-0.4, -0.2) is 17.4 Å². The molecule has 0 bridgehead atoms. The Morgan fingerprint density at radius 2 is 2.23 bits per heavy atom. The second-order valence-corrected chi connectivity index (χ2v) is 2.36. The van der Waals surface area contributed by atoms with E-state index in [-0.39, 0.29) is 5.78 Å². The minimum Gasteiger partial charge on any atom is -0.501 e. The molecule has 0 amide bonds. The maximum absolute atomic E-state index is 11.3. The van der Waals surface area contributed by atoms with Crippen LogP contribution in [-0.2, 0) is 4.74 Å². The summed E-state index contributed by atoms with van der Waals surface area (Å²) in [6.07, 6.45) is 5.98. The third-order valence-corrected chi connectivity index (χ3v) is 1.45. The van der Waals surface area contributed by atoms with Gasteiger partial charge in [0.2, 0.25) is 0 Å². The van der Waals surface area contributed by atoms with Crippen molar-refractivity contribution >= 4 is 5.78 Å². The molecule has 0 radical (unpaired) electrons. The minimum absolute atomic E-state index is 0.0733. The molecule has 68 valence electrons. The van der Waals surface area contributed by atoms with Gasteiger partial charge in [0.25, 0.3) is 0 Å². The zero-order valence-electron chi connectivity index (χ0n) is 7.43. The second kappa shape index (κ2) is 5.09. The molecule has 1 heterocycles. The topological polar surface area (TPSA) is 39.2 Å². The van der Waals surface area contributed by atoms with E-state index in [1.165, 1.54) is 12.3 Å². The molecule has 13 heavy (non-hydrogen) atoms. The molecule has 1 rings (SSSR count). The van der Waals surface area contributed by atoms with E-state index in [2.05, 4.69) is 4.98 Å². The minimum atomic E-state index is -0.0733. The van der Waals surface area contributed by atoms with Gasteiger partial charge in [-0.2, -0.15) is 0 Å². The number of rotatable bonds is 4. The van der Waals surface area contributed by atoms with Crippen LogP contribution >= 0.6 is 0 Å². The van der Waals surface area contributed by atoms with Crippen molar-refractivity contribution in [2.75, 3.05) is 6.61 Å². The van der Waals surface area contributed by atoms with Gasteiger partial charge in [-0.25, -0.2) is 0 Å². The lowest BCUT2D eigenvalue weighted by Crippen LogP contribution is -1.94. The van der Waals surface area contributed by atoms with Crippen LogP contribution in [0.4, 0.5) is 0 Å². The highest BCUT2D eigenvalue weighted by molar-refractivity contribution is 6.04. The highest BCUT2D eigenvalue weighted by Gasteiger charge is 1.98. The molecule has 0 saturated carbocycles. The first kappa shape index (κ1) is 9.45.